The molecule has 1 unspecified atom stereocenters. The second-order valence-corrected chi connectivity index (χ2v) is 11.0. The van der Waals surface area contributed by atoms with Gasteiger partial charge >= 0.3 is 0 Å². The van der Waals surface area contributed by atoms with E-state index in [0.717, 1.165) is 18.8 Å². The Hall–Kier alpha value is -1.90. The van der Waals surface area contributed by atoms with Gasteiger partial charge in [0.05, 0.1) is 12.3 Å². The predicted molar refractivity (Wildman–Crippen MR) is 151 cm³/mol. The Morgan fingerprint density at radius 3 is 2.22 bits per heavy atom. The summed E-state index contributed by atoms with van der Waals surface area (Å²) in [5.41, 5.74) is 2.89. The Kier molecular flexibility index (Phi) is 12.2. The van der Waals surface area contributed by atoms with Crippen LogP contribution in [-0.2, 0) is 5.41 Å². The molecular formula is C33H50FNO. The maximum Gasteiger partial charge on any atom is 0.136 e. The lowest BCUT2D eigenvalue weighted by Gasteiger charge is -2.44. The topological polar surface area (TPSA) is 22.1 Å². The second kappa shape index (κ2) is 15.4. The quantitative estimate of drug-likeness (QED) is 0.216. The maximum absolute atomic E-state index is 15.0. The van der Waals surface area contributed by atoms with Crippen LogP contribution in [-0.4, -0.2) is 11.6 Å². The van der Waals surface area contributed by atoms with Gasteiger partial charge in [-0.1, -0.05) is 97.5 Å². The molecule has 1 aliphatic rings. The van der Waals surface area contributed by atoms with Gasteiger partial charge in [-0.05, 0) is 67.2 Å². The lowest BCUT2D eigenvalue weighted by atomic mass is 9.60. The molecular weight excluding hydrogens is 445 g/mol. The van der Waals surface area contributed by atoms with Crippen LogP contribution in [0.15, 0.2) is 36.5 Å². The van der Waals surface area contributed by atoms with E-state index in [-0.39, 0.29) is 11.2 Å². The highest BCUT2D eigenvalue weighted by atomic mass is 19.1. The Bertz CT molecular complexity index is 872. The first-order valence-electron chi connectivity index (χ1n) is 15.0. The summed E-state index contributed by atoms with van der Waals surface area (Å²) >= 11 is 0. The van der Waals surface area contributed by atoms with Crippen molar-refractivity contribution in [1.29, 1.82) is 0 Å². The number of halogens is 1. The summed E-state index contributed by atoms with van der Waals surface area (Å²) in [6, 6.07) is 9.53. The molecule has 3 heteroatoms. The normalized spacial score (nSPS) is 16.1. The number of hydrogen-bond donors (Lipinski definition) is 0. The molecule has 36 heavy (non-hydrogen) atoms. The van der Waals surface area contributed by atoms with Crippen LogP contribution >= 0.6 is 0 Å². The zero-order valence-corrected chi connectivity index (χ0v) is 23.3. The number of rotatable bonds is 16. The molecule has 0 spiro atoms. The van der Waals surface area contributed by atoms with E-state index in [4.69, 9.17) is 9.72 Å². The summed E-state index contributed by atoms with van der Waals surface area (Å²) in [6.45, 7) is 7.46. The van der Waals surface area contributed by atoms with Crippen molar-refractivity contribution < 1.29 is 9.13 Å². The fraction of sp³-hybridized carbons (Fsp3) is 0.667. The van der Waals surface area contributed by atoms with Crippen LogP contribution in [0.1, 0.15) is 129 Å². The van der Waals surface area contributed by atoms with E-state index in [0.29, 0.717) is 23.6 Å². The molecule has 0 aliphatic heterocycles. The summed E-state index contributed by atoms with van der Waals surface area (Å²) in [5, 5.41) is 0. The summed E-state index contributed by atoms with van der Waals surface area (Å²) in [6.07, 6.45) is 22.4. The smallest absolute Gasteiger partial charge is 0.136 e. The van der Waals surface area contributed by atoms with Gasteiger partial charge in [-0.15, -0.1) is 0 Å². The van der Waals surface area contributed by atoms with E-state index < -0.39 is 0 Å². The van der Waals surface area contributed by atoms with Crippen molar-refractivity contribution in [3.8, 4) is 17.0 Å². The average molecular weight is 496 g/mol. The molecule has 3 rings (SSSR count). The van der Waals surface area contributed by atoms with Crippen LogP contribution in [0.5, 0.6) is 5.75 Å². The minimum absolute atomic E-state index is 0.236. The first-order chi connectivity index (χ1) is 17.6. The van der Waals surface area contributed by atoms with E-state index in [1.807, 2.05) is 12.1 Å². The predicted octanol–water partition coefficient (Wildman–Crippen LogP) is 10.4. The molecule has 0 radical (unpaired) electrons. The van der Waals surface area contributed by atoms with Crippen molar-refractivity contribution in [2.75, 3.05) is 6.61 Å². The average Bonchev–Trinajstić information content (AvgIpc) is 2.91. The minimum atomic E-state index is -0.256. The number of unbranched alkanes of at least 4 members (excludes halogenated alkanes) is 6. The fourth-order valence-corrected chi connectivity index (χ4v) is 6.34. The van der Waals surface area contributed by atoms with Gasteiger partial charge in [-0.3, -0.25) is 4.98 Å². The third kappa shape index (κ3) is 7.80. The summed E-state index contributed by atoms with van der Waals surface area (Å²) < 4.78 is 20.8. The van der Waals surface area contributed by atoms with E-state index in [1.54, 1.807) is 0 Å². The highest BCUT2D eigenvalue weighted by Crippen LogP contribution is 2.48. The molecule has 2 aromatic rings. The van der Waals surface area contributed by atoms with Crippen molar-refractivity contribution in [2.24, 2.45) is 5.92 Å². The molecule has 1 aromatic heterocycles. The van der Waals surface area contributed by atoms with Crippen LogP contribution in [0.3, 0.4) is 0 Å². The van der Waals surface area contributed by atoms with Crippen LogP contribution in [0.25, 0.3) is 11.3 Å². The van der Waals surface area contributed by atoms with Gasteiger partial charge in [0.1, 0.15) is 11.6 Å². The third-order valence-corrected chi connectivity index (χ3v) is 8.39. The summed E-state index contributed by atoms with van der Waals surface area (Å²) in [4.78, 5) is 4.83. The molecule has 1 aromatic carbocycles. The lowest BCUT2D eigenvalue weighted by molar-refractivity contribution is 0.165. The van der Waals surface area contributed by atoms with Gasteiger partial charge in [0.2, 0.25) is 0 Å². The molecule has 1 aliphatic carbocycles. The van der Waals surface area contributed by atoms with Crippen molar-refractivity contribution in [3.63, 3.8) is 0 Å². The monoisotopic (exact) mass is 495 g/mol. The van der Waals surface area contributed by atoms with Crippen molar-refractivity contribution in [2.45, 2.75) is 129 Å². The Morgan fingerprint density at radius 1 is 0.833 bits per heavy atom. The van der Waals surface area contributed by atoms with E-state index in [2.05, 4.69) is 39.1 Å². The van der Waals surface area contributed by atoms with Crippen LogP contribution in [0.2, 0.25) is 0 Å². The van der Waals surface area contributed by atoms with Gasteiger partial charge in [0.25, 0.3) is 0 Å². The first kappa shape index (κ1) is 28.7. The highest BCUT2D eigenvalue weighted by Gasteiger charge is 2.40. The number of ether oxygens (including phenoxy) is 1. The van der Waals surface area contributed by atoms with E-state index >= 15 is 4.39 Å². The number of nitrogens with zero attached hydrogens (tertiary/aromatic N) is 1. The Morgan fingerprint density at radius 2 is 1.58 bits per heavy atom. The fourth-order valence-electron chi connectivity index (χ4n) is 6.34. The summed E-state index contributed by atoms with van der Waals surface area (Å²) in [7, 11) is 0. The van der Waals surface area contributed by atoms with Crippen LogP contribution < -0.4 is 4.74 Å². The largest absolute Gasteiger partial charge is 0.493 e. The van der Waals surface area contributed by atoms with Crippen LogP contribution in [0, 0.1) is 11.7 Å². The molecule has 1 heterocycles. The van der Waals surface area contributed by atoms with Crippen molar-refractivity contribution in [3.05, 3.63) is 47.9 Å². The molecule has 0 saturated heterocycles. The van der Waals surface area contributed by atoms with Gasteiger partial charge in [0.15, 0.2) is 0 Å². The lowest BCUT2D eigenvalue weighted by Crippen LogP contribution is -2.37. The Balaban J connectivity index is 1.75. The molecule has 1 atom stereocenters. The van der Waals surface area contributed by atoms with Gasteiger partial charge < -0.3 is 4.74 Å². The molecule has 2 nitrogen and oxygen atoms in total. The van der Waals surface area contributed by atoms with E-state index in [9.17, 15) is 0 Å². The molecule has 1 fully saturated rings. The van der Waals surface area contributed by atoms with Crippen molar-refractivity contribution >= 4 is 0 Å². The first-order valence-corrected chi connectivity index (χ1v) is 15.0. The second-order valence-electron chi connectivity index (χ2n) is 11.0. The van der Waals surface area contributed by atoms with Gasteiger partial charge in [-0.2, -0.15) is 0 Å². The zero-order valence-electron chi connectivity index (χ0n) is 23.3. The molecule has 200 valence electrons. The molecule has 0 bridgehead atoms. The number of pyridine rings is 1. The molecule has 0 N–H and O–H groups in total. The maximum atomic E-state index is 15.0. The number of hydrogen-bond acceptors (Lipinski definition) is 2. The molecule has 1 saturated carbocycles. The third-order valence-electron chi connectivity index (χ3n) is 8.39. The van der Waals surface area contributed by atoms with Crippen LogP contribution in [0.4, 0.5) is 4.39 Å². The standard InChI is InChI=1S/C33H50FNO/c1-4-7-9-12-17-27(16-6-3)33(22-13-11-14-23-33)28-18-21-32(35-26-28)30-20-19-29(25-31(30)34)36-24-15-10-8-5-2/h18-21,25-27H,4-17,22-24H2,1-3H3. The summed E-state index contributed by atoms with van der Waals surface area (Å²) in [5.74, 6) is 1.07. The van der Waals surface area contributed by atoms with Gasteiger partial charge in [0, 0.05) is 17.8 Å². The van der Waals surface area contributed by atoms with Crippen molar-refractivity contribution in [1.82, 2.24) is 4.98 Å². The SMILES string of the molecule is CCCCCCOc1ccc(-c2ccc(C3(C(CCC)CCCCCC)CCCCC3)cn2)c(F)c1. The van der Waals surface area contributed by atoms with Gasteiger partial charge in [-0.25, -0.2) is 4.39 Å². The Labute approximate surface area is 220 Å². The number of aromatic nitrogens is 1. The van der Waals surface area contributed by atoms with E-state index in [1.165, 1.54) is 102 Å². The molecule has 0 amide bonds. The zero-order chi connectivity index (χ0) is 25.6. The number of benzene rings is 1. The minimum Gasteiger partial charge on any atom is -0.493 e. The highest BCUT2D eigenvalue weighted by molar-refractivity contribution is 5.61.